The summed E-state index contributed by atoms with van der Waals surface area (Å²) in [5, 5.41) is 12.4. The van der Waals surface area contributed by atoms with Crippen LogP contribution in [-0.2, 0) is 9.59 Å². The molecule has 2 rings (SSSR count). The maximum Gasteiger partial charge on any atom is 0.329 e. The van der Waals surface area contributed by atoms with Crippen LogP contribution < -0.4 is 5.32 Å². The van der Waals surface area contributed by atoms with Gasteiger partial charge in [-0.05, 0) is 25.7 Å². The van der Waals surface area contributed by atoms with Crippen LogP contribution in [0.2, 0.25) is 0 Å². The number of aliphatic carboxylic acids is 1. The molecule has 2 saturated carbocycles. The predicted molar refractivity (Wildman–Crippen MR) is 72.8 cm³/mol. The molecular formula is C15H25NO3. The van der Waals surface area contributed by atoms with E-state index in [-0.39, 0.29) is 11.8 Å². The molecule has 19 heavy (non-hydrogen) atoms. The normalized spacial score (nSPS) is 24.4. The van der Waals surface area contributed by atoms with Crippen molar-refractivity contribution in [2.24, 2.45) is 5.92 Å². The molecule has 0 atom stereocenters. The summed E-state index contributed by atoms with van der Waals surface area (Å²) in [7, 11) is 0. The van der Waals surface area contributed by atoms with Crippen LogP contribution in [-0.4, -0.2) is 22.5 Å². The van der Waals surface area contributed by atoms with Crippen LogP contribution in [0, 0.1) is 5.92 Å². The fourth-order valence-electron chi connectivity index (χ4n) is 3.43. The van der Waals surface area contributed by atoms with Crippen molar-refractivity contribution in [3.05, 3.63) is 0 Å². The van der Waals surface area contributed by atoms with E-state index < -0.39 is 11.5 Å². The number of carboxylic acid groups (broad SMARTS) is 1. The van der Waals surface area contributed by atoms with E-state index in [2.05, 4.69) is 5.32 Å². The van der Waals surface area contributed by atoms with Crippen LogP contribution >= 0.6 is 0 Å². The van der Waals surface area contributed by atoms with Crippen molar-refractivity contribution >= 4 is 11.9 Å². The summed E-state index contributed by atoms with van der Waals surface area (Å²) < 4.78 is 0. The summed E-state index contributed by atoms with van der Waals surface area (Å²) in [6.45, 7) is 0. The van der Waals surface area contributed by atoms with Gasteiger partial charge in [-0.15, -0.1) is 0 Å². The first-order valence-corrected chi connectivity index (χ1v) is 7.69. The van der Waals surface area contributed by atoms with Crippen LogP contribution in [0.3, 0.4) is 0 Å². The maximum atomic E-state index is 12.4. The van der Waals surface area contributed by atoms with E-state index in [4.69, 9.17) is 0 Å². The smallest absolute Gasteiger partial charge is 0.329 e. The summed E-state index contributed by atoms with van der Waals surface area (Å²) in [5.74, 6) is -0.846. The van der Waals surface area contributed by atoms with Gasteiger partial charge in [-0.2, -0.15) is 0 Å². The SMILES string of the molecule is O=C(NC1(C(=O)O)CCCCC1)C1CCCCCC1. The van der Waals surface area contributed by atoms with Crippen LogP contribution in [0.4, 0.5) is 0 Å². The molecule has 0 heterocycles. The third kappa shape index (κ3) is 3.48. The van der Waals surface area contributed by atoms with E-state index in [9.17, 15) is 14.7 Å². The molecule has 0 spiro atoms. The van der Waals surface area contributed by atoms with E-state index in [1.165, 1.54) is 12.8 Å². The Morgan fingerprint density at radius 3 is 1.95 bits per heavy atom. The van der Waals surface area contributed by atoms with Gasteiger partial charge in [-0.3, -0.25) is 4.79 Å². The maximum absolute atomic E-state index is 12.4. The lowest BCUT2D eigenvalue weighted by atomic mass is 9.81. The molecule has 4 heteroatoms. The van der Waals surface area contributed by atoms with E-state index >= 15 is 0 Å². The van der Waals surface area contributed by atoms with Crippen LogP contribution in [0.5, 0.6) is 0 Å². The zero-order valence-electron chi connectivity index (χ0n) is 11.6. The van der Waals surface area contributed by atoms with Crippen molar-refractivity contribution in [1.82, 2.24) is 5.32 Å². The van der Waals surface area contributed by atoms with Crippen molar-refractivity contribution in [2.75, 3.05) is 0 Å². The Morgan fingerprint density at radius 1 is 0.895 bits per heavy atom. The Bertz CT molecular complexity index is 326. The minimum Gasteiger partial charge on any atom is -0.480 e. The molecule has 0 aliphatic heterocycles. The molecule has 0 aromatic heterocycles. The monoisotopic (exact) mass is 267 g/mol. The van der Waals surface area contributed by atoms with Gasteiger partial charge in [0.15, 0.2) is 0 Å². The van der Waals surface area contributed by atoms with Gasteiger partial charge in [0, 0.05) is 5.92 Å². The lowest BCUT2D eigenvalue weighted by Crippen LogP contribution is -2.56. The number of amides is 1. The molecule has 0 aromatic rings. The number of carbonyl (C=O) groups is 2. The van der Waals surface area contributed by atoms with Gasteiger partial charge in [0.05, 0.1) is 0 Å². The van der Waals surface area contributed by atoms with Crippen LogP contribution in [0.25, 0.3) is 0 Å². The zero-order valence-corrected chi connectivity index (χ0v) is 11.6. The number of rotatable bonds is 3. The summed E-state index contributed by atoms with van der Waals surface area (Å²) >= 11 is 0. The second-order valence-corrected chi connectivity index (χ2v) is 6.13. The van der Waals surface area contributed by atoms with E-state index in [1.54, 1.807) is 0 Å². The number of hydrogen-bond acceptors (Lipinski definition) is 2. The first-order valence-electron chi connectivity index (χ1n) is 7.69. The lowest BCUT2D eigenvalue weighted by molar-refractivity contribution is -0.150. The standard InChI is InChI=1S/C15H25NO3/c17-13(12-8-4-1-2-5-9-12)16-15(14(18)19)10-6-3-7-11-15/h12H,1-11H2,(H,16,17)(H,18,19). The fraction of sp³-hybridized carbons (Fsp3) is 0.867. The average Bonchev–Trinajstić information content (AvgIpc) is 2.68. The topological polar surface area (TPSA) is 66.4 Å². The molecule has 0 radical (unpaired) electrons. The van der Waals surface area contributed by atoms with Crippen molar-refractivity contribution in [1.29, 1.82) is 0 Å². The molecule has 2 fully saturated rings. The minimum absolute atomic E-state index is 0.0220. The fourth-order valence-corrected chi connectivity index (χ4v) is 3.43. The average molecular weight is 267 g/mol. The molecule has 0 unspecified atom stereocenters. The Kier molecular flexibility index (Phi) is 4.83. The van der Waals surface area contributed by atoms with Gasteiger partial charge in [0.1, 0.15) is 5.54 Å². The highest BCUT2D eigenvalue weighted by Gasteiger charge is 2.41. The summed E-state index contributed by atoms with van der Waals surface area (Å²) in [6, 6.07) is 0. The van der Waals surface area contributed by atoms with Crippen LogP contribution in [0.1, 0.15) is 70.6 Å². The van der Waals surface area contributed by atoms with E-state index in [0.29, 0.717) is 12.8 Å². The lowest BCUT2D eigenvalue weighted by Gasteiger charge is -2.35. The Labute approximate surface area is 115 Å². The van der Waals surface area contributed by atoms with Gasteiger partial charge in [0.2, 0.25) is 5.91 Å². The zero-order chi connectivity index (χ0) is 13.7. The molecule has 2 aliphatic rings. The minimum atomic E-state index is -0.984. The summed E-state index contributed by atoms with van der Waals surface area (Å²) in [4.78, 5) is 23.9. The number of carbonyl (C=O) groups excluding carboxylic acids is 1. The highest BCUT2D eigenvalue weighted by Crippen LogP contribution is 2.30. The van der Waals surface area contributed by atoms with E-state index in [1.807, 2.05) is 0 Å². The summed E-state index contributed by atoms with van der Waals surface area (Å²) in [6.07, 6.45) is 10.5. The molecular weight excluding hydrogens is 242 g/mol. The highest BCUT2D eigenvalue weighted by molar-refractivity contribution is 5.88. The number of carboxylic acids is 1. The molecule has 2 N–H and O–H groups in total. The van der Waals surface area contributed by atoms with Crippen molar-refractivity contribution in [3.8, 4) is 0 Å². The highest BCUT2D eigenvalue weighted by atomic mass is 16.4. The Hall–Kier alpha value is -1.06. The Morgan fingerprint density at radius 2 is 1.42 bits per heavy atom. The number of hydrogen-bond donors (Lipinski definition) is 2. The van der Waals surface area contributed by atoms with Gasteiger partial charge >= 0.3 is 5.97 Å². The van der Waals surface area contributed by atoms with Gasteiger partial charge in [-0.25, -0.2) is 4.79 Å². The van der Waals surface area contributed by atoms with Crippen molar-refractivity contribution < 1.29 is 14.7 Å². The van der Waals surface area contributed by atoms with Crippen molar-refractivity contribution in [2.45, 2.75) is 76.2 Å². The molecule has 1 amide bonds. The number of nitrogens with one attached hydrogen (secondary N) is 1. The molecule has 0 aromatic carbocycles. The van der Waals surface area contributed by atoms with E-state index in [0.717, 1.165) is 44.9 Å². The third-order valence-corrected chi connectivity index (χ3v) is 4.70. The molecule has 4 nitrogen and oxygen atoms in total. The van der Waals surface area contributed by atoms with Crippen molar-refractivity contribution in [3.63, 3.8) is 0 Å². The quantitative estimate of drug-likeness (QED) is 0.773. The predicted octanol–water partition coefficient (Wildman–Crippen LogP) is 2.86. The second-order valence-electron chi connectivity index (χ2n) is 6.13. The van der Waals surface area contributed by atoms with Crippen LogP contribution in [0.15, 0.2) is 0 Å². The largest absolute Gasteiger partial charge is 0.480 e. The molecule has 2 aliphatic carbocycles. The van der Waals surface area contributed by atoms with Gasteiger partial charge < -0.3 is 10.4 Å². The molecule has 108 valence electrons. The first kappa shape index (κ1) is 14.4. The molecule has 0 bridgehead atoms. The summed E-state index contributed by atoms with van der Waals surface area (Å²) in [5.41, 5.74) is -0.984. The van der Waals surface area contributed by atoms with Gasteiger partial charge in [-0.1, -0.05) is 44.9 Å². The Balaban J connectivity index is 1.99. The molecule has 0 saturated heterocycles. The third-order valence-electron chi connectivity index (χ3n) is 4.70. The van der Waals surface area contributed by atoms with Gasteiger partial charge in [0.25, 0.3) is 0 Å². The first-order chi connectivity index (χ1) is 9.14. The second kappa shape index (κ2) is 6.40.